The molecule has 3 aromatic carbocycles. The van der Waals surface area contributed by atoms with Crippen molar-refractivity contribution in [3.63, 3.8) is 0 Å². The van der Waals surface area contributed by atoms with Crippen LogP contribution in [0.1, 0.15) is 21.5 Å². The number of nitrogens with zero attached hydrogens (tertiary/aromatic N) is 1. The molecule has 3 aromatic rings. The third-order valence-electron chi connectivity index (χ3n) is 4.82. The molecule has 0 unspecified atom stereocenters. The van der Waals surface area contributed by atoms with Crippen LogP contribution in [0.3, 0.4) is 0 Å². The molecule has 0 bridgehead atoms. The van der Waals surface area contributed by atoms with Crippen molar-refractivity contribution < 1.29 is 32.9 Å². The predicted octanol–water partition coefficient (Wildman–Crippen LogP) is 4.20. The van der Waals surface area contributed by atoms with Crippen LogP contribution in [0.5, 0.6) is 28.7 Å². The molecule has 0 heterocycles. The molecule has 34 heavy (non-hydrogen) atoms. The van der Waals surface area contributed by atoms with Crippen LogP contribution in [0.25, 0.3) is 0 Å². The summed E-state index contributed by atoms with van der Waals surface area (Å²) in [5.74, 6) is 1.47. The van der Waals surface area contributed by atoms with Gasteiger partial charge in [-0.3, -0.25) is 4.79 Å². The van der Waals surface area contributed by atoms with Gasteiger partial charge < -0.3 is 23.7 Å². The number of carbonyl (C=O) groups excluding carboxylic acids is 1. The van der Waals surface area contributed by atoms with Crippen LogP contribution >= 0.6 is 0 Å². The number of nitrogens with one attached hydrogen (secondary N) is 1. The lowest BCUT2D eigenvalue weighted by atomic mass is 10.1. The second kappa shape index (κ2) is 11.6. The maximum atomic E-state index is 13.1. The Morgan fingerprint density at radius 3 is 2.12 bits per heavy atom. The molecule has 1 N–H and O–H groups in total. The Kier molecular flexibility index (Phi) is 8.28. The molecule has 9 heteroatoms. The van der Waals surface area contributed by atoms with Crippen LogP contribution in [0.4, 0.5) is 4.39 Å². The minimum atomic E-state index is -0.455. The van der Waals surface area contributed by atoms with Crippen LogP contribution in [0.15, 0.2) is 59.7 Å². The highest BCUT2D eigenvalue weighted by molar-refractivity contribution is 5.96. The summed E-state index contributed by atoms with van der Waals surface area (Å²) in [6.07, 6.45) is 1.50. The summed E-state index contributed by atoms with van der Waals surface area (Å²) in [6.45, 7) is 0.203. The van der Waals surface area contributed by atoms with Gasteiger partial charge in [0.2, 0.25) is 5.75 Å². The van der Waals surface area contributed by atoms with Crippen molar-refractivity contribution >= 4 is 12.1 Å². The van der Waals surface area contributed by atoms with Gasteiger partial charge in [0.25, 0.3) is 5.91 Å². The lowest BCUT2D eigenvalue weighted by Gasteiger charge is -2.13. The van der Waals surface area contributed by atoms with E-state index >= 15 is 0 Å². The van der Waals surface area contributed by atoms with Gasteiger partial charge >= 0.3 is 0 Å². The second-order valence-corrected chi connectivity index (χ2v) is 6.93. The first-order valence-electron chi connectivity index (χ1n) is 10.2. The van der Waals surface area contributed by atoms with Crippen molar-refractivity contribution in [2.75, 3.05) is 28.4 Å². The van der Waals surface area contributed by atoms with Crippen LogP contribution in [-0.4, -0.2) is 40.6 Å². The highest BCUT2D eigenvalue weighted by atomic mass is 19.1. The largest absolute Gasteiger partial charge is 0.496 e. The summed E-state index contributed by atoms with van der Waals surface area (Å²) in [5.41, 5.74) is 4.23. The Balaban J connectivity index is 1.71. The number of ether oxygens (including phenoxy) is 5. The Bertz CT molecular complexity index is 1140. The Hall–Kier alpha value is -4.27. The maximum absolute atomic E-state index is 13.1. The van der Waals surface area contributed by atoms with Crippen molar-refractivity contribution in [1.29, 1.82) is 0 Å². The number of carbonyl (C=O) groups is 1. The molecule has 0 aliphatic rings. The quantitative estimate of drug-likeness (QED) is 0.354. The summed E-state index contributed by atoms with van der Waals surface area (Å²) in [5, 5.41) is 4.04. The summed E-state index contributed by atoms with van der Waals surface area (Å²) >= 11 is 0. The number of rotatable bonds is 10. The first-order chi connectivity index (χ1) is 16.5. The van der Waals surface area contributed by atoms with E-state index in [4.69, 9.17) is 23.7 Å². The van der Waals surface area contributed by atoms with E-state index in [2.05, 4.69) is 10.5 Å². The zero-order chi connectivity index (χ0) is 24.5. The molecule has 3 rings (SSSR count). The fraction of sp³-hybridized carbons (Fsp3) is 0.200. The Morgan fingerprint density at radius 1 is 0.882 bits per heavy atom. The lowest BCUT2D eigenvalue weighted by molar-refractivity contribution is 0.0954. The van der Waals surface area contributed by atoms with Crippen molar-refractivity contribution in [2.45, 2.75) is 6.61 Å². The van der Waals surface area contributed by atoms with E-state index in [0.29, 0.717) is 34.3 Å². The number of hydrogen-bond acceptors (Lipinski definition) is 7. The van der Waals surface area contributed by atoms with Crippen LogP contribution in [-0.2, 0) is 6.61 Å². The first kappa shape index (κ1) is 24.4. The molecule has 8 nitrogen and oxygen atoms in total. The average molecular weight is 468 g/mol. The number of hydrogen-bond donors (Lipinski definition) is 1. The van der Waals surface area contributed by atoms with E-state index in [-0.39, 0.29) is 18.0 Å². The van der Waals surface area contributed by atoms with Gasteiger partial charge in [0, 0.05) is 11.1 Å². The van der Waals surface area contributed by atoms with Crippen LogP contribution < -0.4 is 29.1 Å². The molecular formula is C25H25FN2O6. The topological polar surface area (TPSA) is 87.6 Å². The molecule has 1 amide bonds. The minimum absolute atomic E-state index is 0.203. The van der Waals surface area contributed by atoms with E-state index in [1.54, 1.807) is 31.4 Å². The van der Waals surface area contributed by atoms with Crippen LogP contribution in [0.2, 0.25) is 0 Å². The molecular weight excluding hydrogens is 443 g/mol. The van der Waals surface area contributed by atoms with Gasteiger partial charge in [0.15, 0.2) is 11.5 Å². The van der Waals surface area contributed by atoms with Gasteiger partial charge in [-0.1, -0.05) is 0 Å². The molecule has 0 saturated carbocycles. The van der Waals surface area contributed by atoms with Gasteiger partial charge in [-0.25, -0.2) is 9.82 Å². The van der Waals surface area contributed by atoms with Gasteiger partial charge in [-0.05, 0) is 60.2 Å². The van der Waals surface area contributed by atoms with E-state index in [0.717, 1.165) is 5.56 Å². The van der Waals surface area contributed by atoms with Crippen molar-refractivity contribution in [2.24, 2.45) is 5.10 Å². The number of amides is 1. The molecule has 0 aromatic heterocycles. The minimum Gasteiger partial charge on any atom is -0.496 e. The Morgan fingerprint density at radius 2 is 1.53 bits per heavy atom. The molecule has 0 saturated heterocycles. The molecule has 0 spiro atoms. The zero-order valence-electron chi connectivity index (χ0n) is 19.3. The first-order valence-corrected chi connectivity index (χ1v) is 10.2. The van der Waals surface area contributed by atoms with E-state index in [1.807, 2.05) is 6.07 Å². The number of hydrazone groups is 1. The standard InChI is InChI=1S/C25H25FN2O6/c1-30-21-10-5-16(11-18(21)15-34-20-8-6-19(26)7-9-20)14-27-28-25(29)17-12-22(31-2)24(33-4)23(13-17)32-3/h5-14H,15H2,1-4H3,(H,28,29). The average Bonchev–Trinajstić information content (AvgIpc) is 2.87. The van der Waals surface area contributed by atoms with Gasteiger partial charge in [0.1, 0.15) is 23.9 Å². The molecule has 0 atom stereocenters. The number of halogens is 1. The molecule has 178 valence electrons. The van der Waals surface area contributed by atoms with Crippen molar-refractivity contribution in [3.05, 3.63) is 77.1 Å². The highest BCUT2D eigenvalue weighted by Crippen LogP contribution is 2.38. The van der Waals surface area contributed by atoms with Gasteiger partial charge in [-0.15, -0.1) is 0 Å². The summed E-state index contributed by atoms with van der Waals surface area (Å²) in [4.78, 5) is 12.6. The monoisotopic (exact) mass is 468 g/mol. The predicted molar refractivity (Wildman–Crippen MR) is 125 cm³/mol. The fourth-order valence-corrected chi connectivity index (χ4v) is 3.13. The third kappa shape index (κ3) is 5.94. The molecule has 0 aliphatic carbocycles. The smallest absolute Gasteiger partial charge is 0.271 e. The van der Waals surface area contributed by atoms with Crippen molar-refractivity contribution in [3.8, 4) is 28.7 Å². The second-order valence-electron chi connectivity index (χ2n) is 6.93. The normalized spacial score (nSPS) is 10.6. The third-order valence-corrected chi connectivity index (χ3v) is 4.82. The van der Waals surface area contributed by atoms with Crippen molar-refractivity contribution in [1.82, 2.24) is 5.43 Å². The highest BCUT2D eigenvalue weighted by Gasteiger charge is 2.16. The SMILES string of the molecule is COc1ccc(C=NNC(=O)c2cc(OC)c(OC)c(OC)c2)cc1COc1ccc(F)cc1. The summed E-state index contributed by atoms with van der Waals surface area (Å²) in [7, 11) is 5.98. The summed E-state index contributed by atoms with van der Waals surface area (Å²) in [6, 6.07) is 14.2. The van der Waals surface area contributed by atoms with Gasteiger partial charge in [-0.2, -0.15) is 5.10 Å². The zero-order valence-corrected chi connectivity index (χ0v) is 19.3. The fourth-order valence-electron chi connectivity index (χ4n) is 3.13. The maximum Gasteiger partial charge on any atom is 0.271 e. The Labute approximate surface area is 196 Å². The molecule has 0 fully saturated rings. The van der Waals surface area contributed by atoms with Crippen LogP contribution in [0, 0.1) is 5.82 Å². The number of methoxy groups -OCH3 is 4. The van der Waals surface area contributed by atoms with E-state index in [1.165, 1.54) is 51.8 Å². The number of benzene rings is 3. The van der Waals surface area contributed by atoms with Gasteiger partial charge in [0.05, 0.1) is 34.7 Å². The molecule has 0 radical (unpaired) electrons. The lowest BCUT2D eigenvalue weighted by Crippen LogP contribution is -2.18. The van der Waals surface area contributed by atoms with E-state index < -0.39 is 5.91 Å². The summed E-state index contributed by atoms with van der Waals surface area (Å²) < 4.78 is 40.0. The van der Waals surface area contributed by atoms with E-state index in [9.17, 15) is 9.18 Å². The molecule has 0 aliphatic heterocycles.